The minimum atomic E-state index is -4.04. The molecule has 2 aromatic carbocycles. The summed E-state index contributed by atoms with van der Waals surface area (Å²) >= 11 is 6.37. The summed E-state index contributed by atoms with van der Waals surface area (Å²) in [5.41, 5.74) is 3.02. The first kappa shape index (κ1) is 37.3. The number of benzene rings is 2. The molecule has 0 saturated heterocycles. The molecule has 1 amide bonds. The second-order valence-electron chi connectivity index (χ2n) is 14.2. The van der Waals surface area contributed by atoms with E-state index in [0.717, 1.165) is 43.2 Å². The molecule has 3 heterocycles. The summed E-state index contributed by atoms with van der Waals surface area (Å²) in [4.78, 5) is 20.3. The monoisotopic (exact) mass is 737 g/mol. The largest absolute Gasteiger partial charge is 0.487 e. The summed E-state index contributed by atoms with van der Waals surface area (Å²) in [6.45, 7) is 5.01. The van der Waals surface area contributed by atoms with Crippen molar-refractivity contribution in [3.05, 3.63) is 99.9 Å². The predicted octanol–water partition coefficient (Wildman–Crippen LogP) is 6.71. The van der Waals surface area contributed by atoms with Gasteiger partial charge in [0.2, 0.25) is 10.0 Å². The number of fused-ring (bicyclic) bond motifs is 3. The van der Waals surface area contributed by atoms with Crippen molar-refractivity contribution in [1.29, 1.82) is 0 Å². The second kappa shape index (κ2) is 15.6. The highest BCUT2D eigenvalue weighted by Crippen LogP contribution is 2.49. The van der Waals surface area contributed by atoms with Crippen LogP contribution in [0.5, 0.6) is 5.75 Å². The highest BCUT2D eigenvalue weighted by atomic mass is 35.5. The average molecular weight is 738 g/mol. The van der Waals surface area contributed by atoms with E-state index in [9.17, 15) is 18.3 Å². The summed E-state index contributed by atoms with van der Waals surface area (Å²) in [5, 5.41) is 12.6. The van der Waals surface area contributed by atoms with Gasteiger partial charge in [-0.1, -0.05) is 36.7 Å². The maximum absolute atomic E-state index is 13.5. The maximum Gasteiger partial charge on any atom is 0.264 e. The van der Waals surface area contributed by atoms with Crippen LogP contribution in [-0.2, 0) is 38.1 Å². The van der Waals surface area contributed by atoms with Gasteiger partial charge in [-0.25, -0.2) is 13.1 Å². The lowest BCUT2D eigenvalue weighted by atomic mass is 9.62. The first-order valence-electron chi connectivity index (χ1n) is 17.7. The van der Waals surface area contributed by atoms with E-state index in [2.05, 4.69) is 14.6 Å². The number of halogens is 1. The number of hydrogen-bond acceptors (Lipinski definition) is 9. The fourth-order valence-electron chi connectivity index (χ4n) is 7.58. The van der Waals surface area contributed by atoms with Crippen molar-refractivity contribution >= 4 is 33.2 Å². The van der Waals surface area contributed by atoms with Gasteiger partial charge in [-0.3, -0.25) is 9.78 Å². The predicted molar refractivity (Wildman–Crippen MR) is 197 cm³/mol. The number of nitrogens with one attached hydrogen (secondary N) is 1. The van der Waals surface area contributed by atoms with E-state index in [0.29, 0.717) is 53.7 Å². The fraction of sp³-hybridized carbons (Fsp3) is 0.487. The van der Waals surface area contributed by atoms with Crippen LogP contribution >= 0.6 is 11.6 Å². The van der Waals surface area contributed by atoms with Gasteiger partial charge < -0.3 is 24.2 Å². The third kappa shape index (κ3) is 7.98. The molecule has 1 aromatic heterocycles. The molecule has 12 heteroatoms. The number of sulfonamides is 1. The van der Waals surface area contributed by atoms with Gasteiger partial charge in [0.05, 0.1) is 10.9 Å². The Morgan fingerprint density at radius 1 is 1.06 bits per heavy atom. The number of hydrogen-bond donors (Lipinski definition) is 2. The molecule has 0 radical (unpaired) electrons. The van der Waals surface area contributed by atoms with Gasteiger partial charge in [-0.2, -0.15) is 0 Å². The summed E-state index contributed by atoms with van der Waals surface area (Å²) in [6.07, 6.45) is 11.0. The summed E-state index contributed by atoms with van der Waals surface area (Å²) < 4.78 is 46.8. The van der Waals surface area contributed by atoms with Crippen LogP contribution in [0.15, 0.2) is 67.0 Å². The molecule has 1 aliphatic carbocycles. The van der Waals surface area contributed by atoms with Gasteiger partial charge in [0.1, 0.15) is 18.0 Å². The summed E-state index contributed by atoms with van der Waals surface area (Å²) in [7, 11) is -0.926. The number of nitrogens with zero attached hydrogens (tertiary/aromatic N) is 2. The number of allylic oxidation sites excluding steroid dienone is 1. The number of ether oxygens (including phenoxy) is 3. The van der Waals surface area contributed by atoms with Gasteiger partial charge in [0, 0.05) is 67.3 Å². The van der Waals surface area contributed by atoms with Crippen LogP contribution in [0.3, 0.4) is 0 Å². The van der Waals surface area contributed by atoms with E-state index in [1.54, 1.807) is 51.7 Å². The standard InChI is InChI=1S/C39H48ClN3O7S/c1-25-8-7-16-39(45,32-18-31(21-41-22-32)38(48-3)49-4)34-14-11-29(34)23-43-17-6-5-9-27-19-33(40)13-10-30(27)24-50-36-15-12-28(20-35(36)43)37(44)42-51(46,47)26(25)2/h7,10,12-13,15-16,18-22,25-26,29,34,38,45H,5-6,8-9,11,14,17,23-24H2,1-4H3,(H,42,44)/b16-7+/t25-,26+,29-,34+,39-/m0/s1. The quantitative estimate of drug-likeness (QED) is 0.222. The topological polar surface area (TPSA) is 127 Å². The number of aryl methyl sites for hydroxylation is 1. The van der Waals surface area contributed by atoms with Crippen molar-refractivity contribution in [3.63, 3.8) is 0 Å². The smallest absolute Gasteiger partial charge is 0.264 e. The maximum atomic E-state index is 13.5. The minimum absolute atomic E-state index is 0.0834. The molecule has 3 aliphatic rings. The number of rotatable bonds is 4. The number of carbonyl (C=O) groups is 1. The second-order valence-corrected chi connectivity index (χ2v) is 16.6. The molecule has 2 N–H and O–H groups in total. The number of carbonyl (C=O) groups excluding carboxylic acids is 1. The lowest BCUT2D eigenvalue weighted by Gasteiger charge is -2.48. The van der Waals surface area contributed by atoms with Crippen molar-refractivity contribution in [2.24, 2.45) is 17.8 Å². The zero-order valence-electron chi connectivity index (χ0n) is 29.7. The lowest BCUT2D eigenvalue weighted by Crippen LogP contribution is -2.48. The molecule has 51 heavy (non-hydrogen) atoms. The van der Waals surface area contributed by atoms with E-state index < -0.39 is 33.1 Å². The molecule has 6 rings (SSSR count). The number of aliphatic hydroxyl groups is 1. The Morgan fingerprint density at radius 2 is 1.86 bits per heavy atom. The van der Waals surface area contributed by atoms with E-state index >= 15 is 0 Å². The van der Waals surface area contributed by atoms with E-state index in [1.807, 2.05) is 43.3 Å². The third-order valence-electron chi connectivity index (χ3n) is 11.0. The van der Waals surface area contributed by atoms with E-state index in [1.165, 1.54) is 0 Å². The van der Waals surface area contributed by atoms with Crippen LogP contribution in [0, 0.1) is 17.8 Å². The minimum Gasteiger partial charge on any atom is -0.487 e. The van der Waals surface area contributed by atoms with Gasteiger partial charge in [0.15, 0.2) is 6.29 Å². The van der Waals surface area contributed by atoms with Crippen LogP contribution in [0.4, 0.5) is 5.69 Å². The molecule has 2 aliphatic heterocycles. The Morgan fingerprint density at radius 3 is 2.61 bits per heavy atom. The summed E-state index contributed by atoms with van der Waals surface area (Å²) in [5.74, 6) is -0.527. The van der Waals surface area contributed by atoms with E-state index in [-0.39, 0.29) is 23.3 Å². The average Bonchev–Trinajstić information content (AvgIpc) is 3.13. The first-order valence-corrected chi connectivity index (χ1v) is 19.6. The zero-order chi connectivity index (χ0) is 36.3. The van der Waals surface area contributed by atoms with Gasteiger partial charge in [0.25, 0.3) is 5.91 Å². The molecular formula is C39H48ClN3O7S. The molecule has 0 spiro atoms. The van der Waals surface area contributed by atoms with Crippen LogP contribution in [0.2, 0.25) is 5.02 Å². The Hall–Kier alpha value is -3.48. The van der Waals surface area contributed by atoms with Gasteiger partial charge >= 0.3 is 0 Å². The lowest BCUT2D eigenvalue weighted by molar-refractivity contribution is -0.106. The molecule has 274 valence electrons. The molecule has 1 fully saturated rings. The van der Waals surface area contributed by atoms with Gasteiger partial charge in [-0.05, 0) is 105 Å². The Bertz CT molecular complexity index is 1870. The Kier molecular flexibility index (Phi) is 11.4. The van der Waals surface area contributed by atoms with Crippen molar-refractivity contribution in [3.8, 4) is 5.75 Å². The fourth-order valence-corrected chi connectivity index (χ4v) is 9.06. The molecule has 2 bridgehead atoms. The summed E-state index contributed by atoms with van der Waals surface area (Å²) in [6, 6.07) is 12.8. The van der Waals surface area contributed by atoms with Crippen LogP contribution in [0.1, 0.15) is 84.9 Å². The Labute approximate surface area is 306 Å². The zero-order valence-corrected chi connectivity index (χ0v) is 31.3. The first-order chi connectivity index (χ1) is 24.4. The molecule has 10 nitrogen and oxygen atoms in total. The molecule has 0 unspecified atom stereocenters. The van der Waals surface area contributed by atoms with Gasteiger partial charge in [-0.15, -0.1) is 0 Å². The normalized spacial score (nSPS) is 27.5. The van der Waals surface area contributed by atoms with Crippen LogP contribution in [0.25, 0.3) is 0 Å². The third-order valence-corrected chi connectivity index (χ3v) is 13.2. The highest BCUT2D eigenvalue weighted by molar-refractivity contribution is 7.90. The Balaban J connectivity index is 1.44. The number of amides is 1. The van der Waals surface area contributed by atoms with Crippen molar-refractivity contribution < 1.29 is 32.5 Å². The number of pyridine rings is 1. The van der Waals surface area contributed by atoms with Crippen LogP contribution in [-0.4, -0.2) is 57.0 Å². The highest BCUT2D eigenvalue weighted by Gasteiger charge is 2.47. The van der Waals surface area contributed by atoms with Crippen LogP contribution < -0.4 is 14.4 Å². The number of anilines is 1. The molecule has 5 atom stereocenters. The molecule has 1 saturated carbocycles. The van der Waals surface area contributed by atoms with Crippen molar-refractivity contribution in [2.75, 3.05) is 32.2 Å². The number of aromatic nitrogens is 1. The molecule has 3 aromatic rings. The van der Waals surface area contributed by atoms with E-state index in [4.69, 9.17) is 25.8 Å². The SMILES string of the molecule is COC(OC)c1cncc([C@@]2(O)/C=C/C[C@H](C)[C@@H](C)S(=O)(=O)NC(=O)c3ccc4c(c3)N(CCCCc3cc(Cl)ccc3CO4)C[C@@H]3CC[C@H]32)c1. The molecular weight excluding hydrogens is 690 g/mol. The van der Waals surface area contributed by atoms with Crippen molar-refractivity contribution in [2.45, 2.75) is 76.1 Å². The number of methoxy groups -OCH3 is 2. The van der Waals surface area contributed by atoms with Crippen molar-refractivity contribution in [1.82, 2.24) is 9.71 Å².